The van der Waals surface area contributed by atoms with E-state index in [2.05, 4.69) is 30.2 Å². The smallest absolute Gasteiger partial charge is 0.273 e. The number of rotatable bonds is 3. The summed E-state index contributed by atoms with van der Waals surface area (Å²) >= 11 is 0. The topological polar surface area (TPSA) is 87.1 Å². The lowest BCUT2D eigenvalue weighted by Crippen LogP contribution is -2.37. The van der Waals surface area contributed by atoms with Gasteiger partial charge in [-0.3, -0.25) is 4.79 Å². The van der Waals surface area contributed by atoms with Gasteiger partial charge in [-0.05, 0) is 39.2 Å². The van der Waals surface area contributed by atoms with Gasteiger partial charge >= 0.3 is 0 Å². The zero-order valence-corrected chi connectivity index (χ0v) is 17.0. The first kappa shape index (κ1) is 18.6. The normalized spacial score (nSPS) is 16.3. The minimum absolute atomic E-state index is 0.00619. The third-order valence-corrected chi connectivity index (χ3v) is 5.78. The van der Waals surface area contributed by atoms with Crippen molar-refractivity contribution in [1.82, 2.24) is 24.8 Å². The lowest BCUT2D eigenvalue weighted by atomic mass is 10.0. The first-order valence-electron chi connectivity index (χ1n) is 9.91. The van der Waals surface area contributed by atoms with Crippen LogP contribution in [0.5, 0.6) is 0 Å². The Bertz CT molecular complexity index is 898. The maximum atomic E-state index is 13.1. The molecule has 0 saturated carbocycles. The van der Waals surface area contributed by atoms with E-state index >= 15 is 0 Å². The highest BCUT2D eigenvalue weighted by Gasteiger charge is 2.30. The van der Waals surface area contributed by atoms with E-state index < -0.39 is 0 Å². The van der Waals surface area contributed by atoms with Crippen molar-refractivity contribution < 1.29 is 4.79 Å². The van der Waals surface area contributed by atoms with Crippen LogP contribution in [0.3, 0.4) is 0 Å². The molecule has 0 radical (unpaired) electrons. The van der Waals surface area contributed by atoms with Gasteiger partial charge in [0.1, 0.15) is 5.69 Å². The van der Waals surface area contributed by atoms with E-state index in [0.717, 1.165) is 67.1 Å². The molecule has 0 atom stereocenters. The maximum absolute atomic E-state index is 13.1. The second kappa shape index (κ2) is 7.33. The van der Waals surface area contributed by atoms with Crippen LogP contribution in [0.1, 0.15) is 51.5 Å². The maximum Gasteiger partial charge on any atom is 0.273 e. The Morgan fingerprint density at radius 3 is 2.29 bits per heavy atom. The Morgan fingerprint density at radius 2 is 1.64 bits per heavy atom. The summed E-state index contributed by atoms with van der Waals surface area (Å²) in [4.78, 5) is 35.7. The van der Waals surface area contributed by atoms with E-state index in [1.807, 2.05) is 25.7 Å². The molecule has 8 nitrogen and oxygen atoms in total. The van der Waals surface area contributed by atoms with E-state index in [-0.39, 0.29) is 5.91 Å². The van der Waals surface area contributed by atoms with Gasteiger partial charge in [-0.2, -0.15) is 0 Å². The molecule has 1 amide bonds. The molecule has 28 heavy (non-hydrogen) atoms. The number of hydrogen-bond acceptors (Lipinski definition) is 7. The molecule has 2 aliphatic rings. The monoisotopic (exact) mass is 381 g/mol. The molecule has 4 rings (SSSR count). The summed E-state index contributed by atoms with van der Waals surface area (Å²) in [6, 6.07) is 0. The van der Waals surface area contributed by atoms with Crippen LogP contribution in [0.25, 0.3) is 0 Å². The largest absolute Gasteiger partial charge is 0.357 e. The summed E-state index contributed by atoms with van der Waals surface area (Å²) in [5.74, 6) is 1.23. The van der Waals surface area contributed by atoms with Crippen molar-refractivity contribution in [2.24, 2.45) is 0 Å². The molecule has 2 aromatic rings. The van der Waals surface area contributed by atoms with Gasteiger partial charge in [0.2, 0.25) is 11.9 Å². The van der Waals surface area contributed by atoms with Crippen molar-refractivity contribution in [1.29, 1.82) is 0 Å². The Hall–Kier alpha value is -2.77. The van der Waals surface area contributed by atoms with Crippen LogP contribution in [-0.2, 0) is 13.0 Å². The van der Waals surface area contributed by atoms with Crippen molar-refractivity contribution in [3.63, 3.8) is 0 Å². The molecule has 2 aliphatic heterocycles. The number of fused-ring (bicyclic) bond motifs is 1. The Kier molecular flexibility index (Phi) is 4.87. The highest BCUT2D eigenvalue weighted by atomic mass is 16.2. The summed E-state index contributed by atoms with van der Waals surface area (Å²) < 4.78 is 0. The number of carbonyl (C=O) groups is 1. The number of aryl methyl sites for hydroxylation is 2. The zero-order valence-electron chi connectivity index (χ0n) is 17.0. The Morgan fingerprint density at radius 1 is 0.964 bits per heavy atom. The Balaban J connectivity index is 1.71. The molecule has 0 bridgehead atoms. The van der Waals surface area contributed by atoms with Gasteiger partial charge in [0.25, 0.3) is 5.91 Å². The van der Waals surface area contributed by atoms with E-state index in [1.54, 1.807) is 7.05 Å². The minimum atomic E-state index is 0.00619. The molecule has 2 aromatic heterocycles. The molecule has 1 fully saturated rings. The third kappa shape index (κ3) is 3.27. The molecule has 0 unspecified atom stereocenters. The second-order valence-electron chi connectivity index (χ2n) is 7.56. The third-order valence-electron chi connectivity index (χ3n) is 5.78. The number of carbonyl (C=O) groups excluding carboxylic acids is 1. The molecule has 1 N–H and O–H groups in total. The molecule has 0 aliphatic carbocycles. The summed E-state index contributed by atoms with van der Waals surface area (Å²) in [7, 11) is 1.78. The Labute approximate surface area is 165 Å². The van der Waals surface area contributed by atoms with Gasteiger partial charge in [-0.1, -0.05) is 0 Å². The van der Waals surface area contributed by atoms with Crippen LogP contribution in [0.4, 0.5) is 11.9 Å². The number of hydrogen-bond donors (Lipinski definition) is 1. The number of nitrogens with zero attached hydrogens (tertiary/aromatic N) is 6. The van der Waals surface area contributed by atoms with Gasteiger partial charge in [-0.25, -0.2) is 19.9 Å². The molecule has 148 valence electrons. The number of amides is 1. The predicted molar refractivity (Wildman–Crippen MR) is 108 cm³/mol. The molecule has 4 heterocycles. The molecule has 0 aromatic carbocycles. The fourth-order valence-electron chi connectivity index (χ4n) is 3.84. The molecule has 1 saturated heterocycles. The van der Waals surface area contributed by atoms with Gasteiger partial charge in [-0.15, -0.1) is 0 Å². The second-order valence-corrected chi connectivity index (χ2v) is 7.56. The molecular formula is C20H27N7O. The van der Waals surface area contributed by atoms with Gasteiger partial charge in [0.15, 0.2) is 0 Å². The first-order valence-corrected chi connectivity index (χ1v) is 9.91. The van der Waals surface area contributed by atoms with Crippen LogP contribution in [-0.4, -0.2) is 57.4 Å². The highest BCUT2D eigenvalue weighted by molar-refractivity contribution is 5.94. The van der Waals surface area contributed by atoms with E-state index in [1.165, 1.54) is 0 Å². The van der Waals surface area contributed by atoms with Crippen LogP contribution in [0.2, 0.25) is 0 Å². The summed E-state index contributed by atoms with van der Waals surface area (Å²) in [5.41, 5.74) is 5.46. The predicted octanol–water partition coefficient (Wildman–Crippen LogP) is 2.03. The lowest BCUT2D eigenvalue weighted by Gasteiger charge is -2.30. The van der Waals surface area contributed by atoms with Crippen molar-refractivity contribution in [2.45, 2.75) is 46.6 Å². The van der Waals surface area contributed by atoms with Gasteiger partial charge in [0.05, 0.1) is 12.2 Å². The van der Waals surface area contributed by atoms with Crippen molar-refractivity contribution in [2.75, 3.05) is 36.9 Å². The number of nitrogens with one attached hydrogen (secondary N) is 1. The van der Waals surface area contributed by atoms with E-state index in [0.29, 0.717) is 24.1 Å². The lowest BCUT2D eigenvalue weighted by molar-refractivity contribution is 0.0785. The minimum Gasteiger partial charge on any atom is -0.357 e. The molecule has 0 spiro atoms. The average molecular weight is 381 g/mol. The van der Waals surface area contributed by atoms with Crippen LogP contribution in [0, 0.1) is 20.8 Å². The fourth-order valence-corrected chi connectivity index (χ4v) is 3.84. The van der Waals surface area contributed by atoms with Crippen molar-refractivity contribution >= 4 is 17.8 Å². The van der Waals surface area contributed by atoms with Crippen molar-refractivity contribution in [3.05, 3.63) is 33.9 Å². The number of aromatic nitrogens is 4. The highest BCUT2D eigenvalue weighted by Crippen LogP contribution is 2.27. The SMILES string of the molecule is CNc1nc2c(c(C(=O)N3CCCC3)n1)CN(c1nc(C)c(C)c(C)n1)CC2. The first-order chi connectivity index (χ1) is 13.5. The summed E-state index contributed by atoms with van der Waals surface area (Å²) in [6.07, 6.45) is 2.85. The summed E-state index contributed by atoms with van der Waals surface area (Å²) in [5, 5.41) is 3.00. The standard InChI is InChI=1S/C20H27N7O/c1-12-13(2)22-20(23-14(12)3)27-10-7-16-15(11-27)17(25-19(21-4)24-16)18(28)26-8-5-6-9-26/h5-11H2,1-4H3,(H,21,24,25). The van der Waals surface area contributed by atoms with E-state index in [9.17, 15) is 4.79 Å². The van der Waals surface area contributed by atoms with Crippen LogP contribution in [0.15, 0.2) is 0 Å². The quantitative estimate of drug-likeness (QED) is 0.870. The molecule has 8 heteroatoms. The molecular weight excluding hydrogens is 354 g/mol. The zero-order chi connectivity index (χ0) is 19.8. The van der Waals surface area contributed by atoms with Gasteiger partial charge in [0, 0.05) is 50.1 Å². The van der Waals surface area contributed by atoms with Gasteiger partial charge < -0.3 is 15.1 Å². The summed E-state index contributed by atoms with van der Waals surface area (Å²) in [6.45, 7) is 8.99. The fraction of sp³-hybridized carbons (Fsp3) is 0.550. The van der Waals surface area contributed by atoms with Crippen LogP contribution < -0.4 is 10.2 Å². The van der Waals surface area contributed by atoms with Crippen molar-refractivity contribution in [3.8, 4) is 0 Å². The van der Waals surface area contributed by atoms with Crippen LogP contribution >= 0.6 is 0 Å². The van der Waals surface area contributed by atoms with E-state index in [4.69, 9.17) is 0 Å². The number of anilines is 2. The number of likely N-dealkylation sites (tertiary alicyclic amines) is 1. The average Bonchev–Trinajstić information content (AvgIpc) is 3.24.